The summed E-state index contributed by atoms with van der Waals surface area (Å²) < 4.78 is 34.9. The minimum atomic E-state index is -3.64. The molecule has 1 aliphatic carbocycles. The molecule has 0 spiro atoms. The van der Waals surface area contributed by atoms with Crippen molar-refractivity contribution in [3.63, 3.8) is 0 Å². The van der Waals surface area contributed by atoms with Crippen LogP contribution in [0.25, 0.3) is 5.69 Å². The van der Waals surface area contributed by atoms with Gasteiger partial charge in [-0.2, -0.15) is 9.40 Å². The van der Waals surface area contributed by atoms with Crippen LogP contribution in [-0.4, -0.2) is 53.7 Å². The highest BCUT2D eigenvalue weighted by Crippen LogP contribution is 2.39. The molecule has 2 aliphatic rings. The summed E-state index contributed by atoms with van der Waals surface area (Å²) in [6.07, 6.45) is 1.85. The molecule has 2 heterocycles. The number of amides is 1. The summed E-state index contributed by atoms with van der Waals surface area (Å²) >= 11 is 0. The Hall–Kier alpha value is -3.01. The lowest BCUT2D eigenvalue weighted by Crippen LogP contribution is -2.48. The van der Waals surface area contributed by atoms with Crippen LogP contribution in [0, 0.1) is 0 Å². The molecule has 34 heavy (non-hydrogen) atoms. The summed E-state index contributed by atoms with van der Waals surface area (Å²) in [5.74, 6) is 0.112. The summed E-state index contributed by atoms with van der Waals surface area (Å²) in [5, 5.41) is 7.56. The topological polar surface area (TPSA) is 93.5 Å². The third-order valence-corrected chi connectivity index (χ3v) is 7.94. The number of nitrogens with zero attached hydrogens (tertiary/aromatic N) is 3. The Morgan fingerprint density at radius 3 is 2.26 bits per heavy atom. The Bertz CT molecular complexity index is 1270. The standard InChI is InChI=1S/C25H28N4O4S/c1-17-15-28(16-18(2)33-17)34(31,32)22-12-10-20(11-13-22)26-25(30)24-14-23(19-8-9-19)27-29(24)21-6-4-3-5-7-21/h3-7,10-14,17-19H,8-9,15-16H2,1-2H3,(H,26,30). The van der Waals surface area contributed by atoms with E-state index in [0.717, 1.165) is 24.2 Å². The van der Waals surface area contributed by atoms with E-state index in [-0.39, 0.29) is 23.0 Å². The first-order valence-electron chi connectivity index (χ1n) is 11.5. The van der Waals surface area contributed by atoms with E-state index in [4.69, 9.17) is 4.74 Å². The Labute approximate surface area is 199 Å². The van der Waals surface area contributed by atoms with Crippen molar-refractivity contribution in [3.05, 3.63) is 72.1 Å². The third kappa shape index (κ3) is 4.64. The van der Waals surface area contributed by atoms with Crippen LogP contribution < -0.4 is 5.32 Å². The molecule has 0 radical (unpaired) electrons. The minimum Gasteiger partial charge on any atom is -0.373 e. The summed E-state index contributed by atoms with van der Waals surface area (Å²) in [6, 6.07) is 17.7. The average Bonchev–Trinajstić information content (AvgIpc) is 3.57. The molecule has 1 saturated heterocycles. The van der Waals surface area contributed by atoms with Gasteiger partial charge in [0.1, 0.15) is 5.69 Å². The molecule has 1 aliphatic heterocycles. The van der Waals surface area contributed by atoms with Gasteiger partial charge in [-0.3, -0.25) is 4.79 Å². The number of morpholine rings is 1. The zero-order valence-electron chi connectivity index (χ0n) is 19.2. The normalized spacial score (nSPS) is 21.4. The molecular weight excluding hydrogens is 452 g/mol. The highest BCUT2D eigenvalue weighted by atomic mass is 32.2. The monoisotopic (exact) mass is 480 g/mol. The largest absolute Gasteiger partial charge is 0.373 e. The van der Waals surface area contributed by atoms with Crippen molar-refractivity contribution < 1.29 is 17.9 Å². The molecular formula is C25H28N4O4S. The molecule has 1 amide bonds. The molecule has 2 unspecified atom stereocenters. The number of rotatable bonds is 6. The molecule has 1 saturated carbocycles. The Morgan fingerprint density at radius 2 is 1.65 bits per heavy atom. The maximum Gasteiger partial charge on any atom is 0.274 e. The Kier molecular flexibility index (Phi) is 6.01. The predicted octanol–water partition coefficient (Wildman–Crippen LogP) is 3.80. The molecule has 2 aromatic carbocycles. The second kappa shape index (κ2) is 8.98. The van der Waals surface area contributed by atoms with E-state index in [1.54, 1.807) is 16.8 Å². The number of hydrogen-bond acceptors (Lipinski definition) is 5. The lowest BCUT2D eigenvalue weighted by atomic mass is 10.2. The van der Waals surface area contributed by atoms with Gasteiger partial charge >= 0.3 is 0 Å². The number of anilines is 1. The van der Waals surface area contributed by atoms with Crippen molar-refractivity contribution in [1.82, 2.24) is 14.1 Å². The Balaban J connectivity index is 1.35. The lowest BCUT2D eigenvalue weighted by molar-refractivity contribution is -0.0440. The molecule has 9 heteroatoms. The van der Waals surface area contributed by atoms with Crippen LogP contribution in [0.1, 0.15) is 48.8 Å². The fourth-order valence-corrected chi connectivity index (χ4v) is 5.88. The number of hydrogen-bond donors (Lipinski definition) is 1. The van der Waals surface area contributed by atoms with Crippen LogP contribution in [0.4, 0.5) is 5.69 Å². The summed E-state index contributed by atoms with van der Waals surface area (Å²) in [5.41, 5.74) is 2.70. The van der Waals surface area contributed by atoms with Gasteiger partial charge in [0.2, 0.25) is 10.0 Å². The van der Waals surface area contributed by atoms with Gasteiger partial charge in [0.25, 0.3) is 5.91 Å². The van der Waals surface area contributed by atoms with Crippen molar-refractivity contribution >= 4 is 21.6 Å². The molecule has 0 bridgehead atoms. The van der Waals surface area contributed by atoms with Crippen molar-refractivity contribution in [2.45, 2.75) is 49.7 Å². The van der Waals surface area contributed by atoms with Crippen LogP contribution in [0.2, 0.25) is 0 Å². The van der Waals surface area contributed by atoms with E-state index in [1.165, 1.54) is 16.4 Å². The summed E-state index contributed by atoms with van der Waals surface area (Å²) in [6.45, 7) is 4.37. The second-order valence-corrected chi connectivity index (χ2v) is 11.0. The van der Waals surface area contributed by atoms with Gasteiger partial charge in [-0.15, -0.1) is 0 Å². The molecule has 5 rings (SSSR count). The van der Waals surface area contributed by atoms with Gasteiger partial charge < -0.3 is 10.1 Å². The van der Waals surface area contributed by atoms with Crippen molar-refractivity contribution in [3.8, 4) is 5.69 Å². The lowest BCUT2D eigenvalue weighted by Gasteiger charge is -2.34. The number of para-hydroxylation sites is 1. The van der Waals surface area contributed by atoms with E-state index in [9.17, 15) is 13.2 Å². The zero-order valence-corrected chi connectivity index (χ0v) is 20.0. The molecule has 1 N–H and O–H groups in total. The highest BCUT2D eigenvalue weighted by molar-refractivity contribution is 7.89. The van der Waals surface area contributed by atoms with Crippen LogP contribution >= 0.6 is 0 Å². The van der Waals surface area contributed by atoms with Crippen LogP contribution in [-0.2, 0) is 14.8 Å². The molecule has 8 nitrogen and oxygen atoms in total. The second-order valence-electron chi connectivity index (χ2n) is 9.03. The van der Waals surface area contributed by atoms with Crippen LogP contribution in [0.15, 0.2) is 65.6 Å². The van der Waals surface area contributed by atoms with Crippen molar-refractivity contribution in [1.29, 1.82) is 0 Å². The fourth-order valence-electron chi connectivity index (χ4n) is 4.29. The SMILES string of the molecule is CC1CN(S(=O)(=O)c2ccc(NC(=O)c3cc(C4CC4)nn3-c3ccccc3)cc2)CC(C)O1. The highest BCUT2D eigenvalue weighted by Gasteiger charge is 2.32. The van der Waals surface area contributed by atoms with E-state index in [2.05, 4.69) is 10.4 Å². The number of aromatic nitrogens is 2. The van der Waals surface area contributed by atoms with E-state index in [1.807, 2.05) is 50.2 Å². The smallest absolute Gasteiger partial charge is 0.274 e. The molecule has 1 aromatic heterocycles. The van der Waals surface area contributed by atoms with Crippen LogP contribution in [0.3, 0.4) is 0 Å². The third-order valence-electron chi connectivity index (χ3n) is 6.09. The maximum atomic E-state index is 13.2. The van der Waals surface area contributed by atoms with Crippen molar-refractivity contribution in [2.24, 2.45) is 0 Å². The molecule has 2 atom stereocenters. The fraction of sp³-hybridized carbons (Fsp3) is 0.360. The first-order chi connectivity index (χ1) is 16.3. The number of ether oxygens (including phenoxy) is 1. The average molecular weight is 481 g/mol. The zero-order chi connectivity index (χ0) is 23.9. The summed E-state index contributed by atoms with van der Waals surface area (Å²) in [7, 11) is -3.64. The van der Waals surface area contributed by atoms with E-state index in [0.29, 0.717) is 30.4 Å². The number of carbonyl (C=O) groups is 1. The van der Waals surface area contributed by atoms with Gasteiger partial charge in [-0.05, 0) is 69.2 Å². The number of nitrogens with one attached hydrogen (secondary N) is 1. The van der Waals surface area contributed by atoms with E-state index >= 15 is 0 Å². The van der Waals surface area contributed by atoms with Gasteiger partial charge in [0.05, 0.1) is 28.5 Å². The van der Waals surface area contributed by atoms with E-state index < -0.39 is 10.0 Å². The minimum absolute atomic E-state index is 0.160. The summed E-state index contributed by atoms with van der Waals surface area (Å²) in [4.78, 5) is 13.3. The van der Waals surface area contributed by atoms with Gasteiger partial charge in [-0.25, -0.2) is 13.1 Å². The Morgan fingerprint density at radius 1 is 1.00 bits per heavy atom. The van der Waals surface area contributed by atoms with Gasteiger partial charge in [0.15, 0.2) is 0 Å². The van der Waals surface area contributed by atoms with Gasteiger partial charge in [-0.1, -0.05) is 18.2 Å². The quantitative estimate of drug-likeness (QED) is 0.579. The van der Waals surface area contributed by atoms with Gasteiger partial charge in [0, 0.05) is 24.7 Å². The predicted molar refractivity (Wildman–Crippen MR) is 129 cm³/mol. The number of benzene rings is 2. The number of carbonyl (C=O) groups excluding carboxylic acids is 1. The molecule has 2 fully saturated rings. The molecule has 178 valence electrons. The van der Waals surface area contributed by atoms with Crippen LogP contribution in [0.5, 0.6) is 0 Å². The first kappa shape index (κ1) is 22.8. The first-order valence-corrected chi connectivity index (χ1v) is 13.0. The van der Waals surface area contributed by atoms with Crippen molar-refractivity contribution in [2.75, 3.05) is 18.4 Å². The molecule has 3 aromatic rings. The maximum absolute atomic E-state index is 13.2. The number of sulfonamides is 1.